The molecule has 0 aliphatic carbocycles. The fraction of sp³-hybridized carbons (Fsp3) is 0.400. The van der Waals surface area contributed by atoms with Crippen LogP contribution in [0.2, 0.25) is 0 Å². The van der Waals surface area contributed by atoms with Crippen molar-refractivity contribution < 1.29 is 18.3 Å². The maximum Gasteiger partial charge on any atom is 0.336 e. The summed E-state index contributed by atoms with van der Waals surface area (Å²) in [6.45, 7) is 5.14. The third-order valence-corrected chi connectivity index (χ3v) is 6.42. The molecule has 0 spiro atoms. The van der Waals surface area contributed by atoms with Gasteiger partial charge in [0, 0.05) is 35.0 Å². The average molecular weight is 491 g/mol. The Morgan fingerprint density at radius 2 is 0.944 bits per heavy atom. The predicted octanol–water partition coefficient (Wildman–Crippen LogP) is 7.09. The van der Waals surface area contributed by atoms with Crippen molar-refractivity contribution in [2.45, 2.75) is 65.2 Å². The van der Waals surface area contributed by atoms with Crippen LogP contribution in [-0.2, 0) is 0 Å². The van der Waals surface area contributed by atoms with E-state index in [-0.39, 0.29) is 11.3 Å². The van der Waals surface area contributed by atoms with Crippen molar-refractivity contribution in [3.8, 4) is 11.5 Å². The molecule has 36 heavy (non-hydrogen) atoms. The summed E-state index contributed by atoms with van der Waals surface area (Å²) in [4.78, 5) is 23.1. The van der Waals surface area contributed by atoms with E-state index < -0.39 is 0 Å². The maximum atomic E-state index is 11.6. The zero-order valence-corrected chi connectivity index (χ0v) is 21.1. The summed E-state index contributed by atoms with van der Waals surface area (Å²) < 4.78 is 22.2. The monoisotopic (exact) mass is 490 g/mol. The Morgan fingerprint density at radius 3 is 1.36 bits per heavy atom. The van der Waals surface area contributed by atoms with Gasteiger partial charge in [0.15, 0.2) is 0 Å². The number of hydrogen-bond acceptors (Lipinski definition) is 6. The van der Waals surface area contributed by atoms with Crippen molar-refractivity contribution in [3.05, 3.63) is 80.5 Å². The second-order valence-electron chi connectivity index (χ2n) is 9.34. The zero-order valence-electron chi connectivity index (χ0n) is 21.1. The molecule has 0 amide bonds. The molecule has 6 heteroatoms. The van der Waals surface area contributed by atoms with Crippen molar-refractivity contribution in [2.24, 2.45) is 0 Å². The summed E-state index contributed by atoms with van der Waals surface area (Å²) in [6.07, 6.45) is 9.16. The van der Waals surface area contributed by atoms with Gasteiger partial charge in [-0.25, -0.2) is 9.59 Å². The molecule has 6 nitrogen and oxygen atoms in total. The van der Waals surface area contributed by atoms with E-state index in [4.69, 9.17) is 18.3 Å². The Bertz CT molecular complexity index is 1310. The molecule has 0 aliphatic rings. The minimum atomic E-state index is -0.333. The van der Waals surface area contributed by atoms with E-state index in [9.17, 15) is 9.59 Å². The number of benzene rings is 2. The molecular formula is C30H34O6. The molecule has 0 fully saturated rings. The van der Waals surface area contributed by atoms with Gasteiger partial charge in [0.2, 0.25) is 0 Å². The molecule has 0 saturated carbocycles. The van der Waals surface area contributed by atoms with Gasteiger partial charge in [-0.05, 0) is 62.1 Å². The van der Waals surface area contributed by atoms with E-state index in [1.807, 2.05) is 38.1 Å². The predicted molar refractivity (Wildman–Crippen MR) is 142 cm³/mol. The summed E-state index contributed by atoms with van der Waals surface area (Å²) in [6, 6.07) is 14.3. The molecule has 0 atom stereocenters. The van der Waals surface area contributed by atoms with Crippen molar-refractivity contribution in [3.63, 3.8) is 0 Å². The third-order valence-electron chi connectivity index (χ3n) is 6.42. The molecule has 0 N–H and O–H groups in total. The Hall–Kier alpha value is -3.54. The Morgan fingerprint density at radius 1 is 0.556 bits per heavy atom. The maximum absolute atomic E-state index is 11.6. The summed E-state index contributed by atoms with van der Waals surface area (Å²) in [5.41, 5.74) is 2.31. The summed E-state index contributed by atoms with van der Waals surface area (Å²) in [7, 11) is 0. The lowest BCUT2D eigenvalue weighted by Gasteiger charge is -2.08. The fourth-order valence-corrected chi connectivity index (χ4v) is 4.43. The van der Waals surface area contributed by atoms with Crippen molar-refractivity contribution in [1.82, 2.24) is 0 Å². The van der Waals surface area contributed by atoms with Crippen LogP contribution in [0.25, 0.3) is 21.9 Å². The molecular weight excluding hydrogens is 456 g/mol. The second-order valence-corrected chi connectivity index (χ2v) is 9.34. The Kier molecular flexibility index (Phi) is 8.82. The first-order valence-electron chi connectivity index (χ1n) is 12.8. The van der Waals surface area contributed by atoms with Crippen LogP contribution in [0.1, 0.15) is 62.5 Å². The van der Waals surface area contributed by atoms with Crippen molar-refractivity contribution in [1.29, 1.82) is 0 Å². The third kappa shape index (κ3) is 7.00. The van der Waals surface area contributed by atoms with E-state index in [2.05, 4.69) is 0 Å². The molecule has 4 rings (SSSR count). The highest BCUT2D eigenvalue weighted by Crippen LogP contribution is 2.23. The van der Waals surface area contributed by atoms with Gasteiger partial charge in [0.05, 0.1) is 13.2 Å². The standard InChI is InChI=1S/C30H34O6/c1-21-17-29(31)35-27-19-23(11-13-25(21)27)33-15-9-7-5-3-4-6-8-10-16-34-24-12-14-26-22(2)18-30(32)36-28(26)20-24/h11-14,17-20H,3-10,15-16H2,1-2H3. The minimum Gasteiger partial charge on any atom is -0.493 e. The molecule has 190 valence electrons. The lowest BCUT2D eigenvalue weighted by atomic mass is 10.1. The number of unbranched alkanes of at least 4 members (excludes halogenated alkanes) is 7. The van der Waals surface area contributed by atoms with E-state index >= 15 is 0 Å². The first-order valence-corrected chi connectivity index (χ1v) is 12.8. The molecule has 2 aromatic carbocycles. The highest BCUT2D eigenvalue weighted by molar-refractivity contribution is 5.81. The SMILES string of the molecule is Cc1cc(=O)oc2cc(OCCCCCCCCCCOc3ccc4c(C)cc(=O)oc4c3)ccc12. The topological polar surface area (TPSA) is 78.9 Å². The number of aryl methyl sites for hydroxylation is 2. The van der Waals surface area contributed by atoms with Crippen LogP contribution < -0.4 is 20.7 Å². The molecule has 0 saturated heterocycles. The van der Waals surface area contributed by atoms with Gasteiger partial charge >= 0.3 is 11.3 Å². The number of ether oxygens (including phenoxy) is 2. The van der Waals surface area contributed by atoms with Gasteiger partial charge in [-0.15, -0.1) is 0 Å². The van der Waals surface area contributed by atoms with Crippen molar-refractivity contribution in [2.75, 3.05) is 13.2 Å². The van der Waals surface area contributed by atoms with Crippen LogP contribution in [0, 0.1) is 13.8 Å². The first kappa shape index (κ1) is 25.5. The molecule has 2 aromatic heterocycles. The van der Waals surface area contributed by atoms with Gasteiger partial charge in [0.1, 0.15) is 22.7 Å². The molecule has 0 radical (unpaired) electrons. The Balaban J connectivity index is 1.04. The smallest absolute Gasteiger partial charge is 0.336 e. The number of fused-ring (bicyclic) bond motifs is 2. The molecule has 0 unspecified atom stereocenters. The van der Waals surface area contributed by atoms with Gasteiger partial charge in [0.25, 0.3) is 0 Å². The van der Waals surface area contributed by atoms with E-state index in [1.165, 1.54) is 37.8 Å². The second kappa shape index (κ2) is 12.4. The van der Waals surface area contributed by atoms with Gasteiger partial charge < -0.3 is 18.3 Å². The Labute approximate surface area is 210 Å². The van der Waals surface area contributed by atoms with Gasteiger partial charge in [-0.2, -0.15) is 0 Å². The van der Waals surface area contributed by atoms with E-state index in [0.717, 1.165) is 59.1 Å². The van der Waals surface area contributed by atoms with Gasteiger partial charge in [-0.1, -0.05) is 38.5 Å². The number of hydrogen-bond donors (Lipinski definition) is 0. The lowest BCUT2D eigenvalue weighted by molar-refractivity contribution is 0.301. The molecule has 0 bridgehead atoms. The zero-order chi connectivity index (χ0) is 25.3. The summed E-state index contributed by atoms with van der Waals surface area (Å²) >= 11 is 0. The van der Waals surface area contributed by atoms with Crippen LogP contribution >= 0.6 is 0 Å². The van der Waals surface area contributed by atoms with Crippen LogP contribution in [0.4, 0.5) is 0 Å². The lowest BCUT2D eigenvalue weighted by Crippen LogP contribution is -2.00. The van der Waals surface area contributed by atoms with Crippen molar-refractivity contribution >= 4 is 21.9 Å². The summed E-state index contributed by atoms with van der Waals surface area (Å²) in [5, 5.41) is 1.87. The van der Waals surface area contributed by atoms with Crippen LogP contribution in [0.5, 0.6) is 11.5 Å². The van der Waals surface area contributed by atoms with Crippen LogP contribution in [-0.4, -0.2) is 13.2 Å². The minimum absolute atomic E-state index is 0.333. The largest absolute Gasteiger partial charge is 0.493 e. The molecule has 2 heterocycles. The van der Waals surface area contributed by atoms with E-state index in [1.54, 1.807) is 12.1 Å². The normalized spacial score (nSPS) is 11.3. The van der Waals surface area contributed by atoms with Crippen LogP contribution in [0.15, 0.2) is 67.0 Å². The highest BCUT2D eigenvalue weighted by atomic mass is 16.5. The summed E-state index contributed by atoms with van der Waals surface area (Å²) in [5.74, 6) is 1.48. The highest BCUT2D eigenvalue weighted by Gasteiger charge is 2.05. The van der Waals surface area contributed by atoms with E-state index in [0.29, 0.717) is 24.4 Å². The number of rotatable bonds is 13. The fourth-order valence-electron chi connectivity index (χ4n) is 4.43. The quantitative estimate of drug-likeness (QED) is 0.147. The molecule has 0 aliphatic heterocycles. The molecule has 4 aromatic rings. The average Bonchev–Trinajstić information content (AvgIpc) is 2.84. The van der Waals surface area contributed by atoms with Gasteiger partial charge in [-0.3, -0.25) is 0 Å². The van der Waals surface area contributed by atoms with Crippen LogP contribution in [0.3, 0.4) is 0 Å². The first-order chi connectivity index (χ1) is 17.5.